The van der Waals surface area contributed by atoms with Crippen molar-refractivity contribution in [1.29, 1.82) is 0 Å². The van der Waals surface area contributed by atoms with Crippen LogP contribution in [0.25, 0.3) is 0 Å². The number of carboxylic acids is 1. The fraction of sp³-hybridized carbons (Fsp3) is 0.462. The Morgan fingerprint density at radius 3 is 2.29 bits per heavy atom. The average molecular weight is 485 g/mol. The largest absolute Gasteiger partial charge is 0.481 e. The fourth-order valence-electron chi connectivity index (χ4n) is 4.27. The van der Waals surface area contributed by atoms with Crippen molar-refractivity contribution in [3.05, 3.63) is 65.2 Å². The first kappa shape index (κ1) is 25.3. The Balaban J connectivity index is 1.46. The van der Waals surface area contributed by atoms with Crippen LogP contribution in [0.15, 0.2) is 48.5 Å². The maximum atomic E-state index is 11.9. The number of benzene rings is 2. The molecule has 0 aliphatic carbocycles. The second-order valence-electron chi connectivity index (χ2n) is 8.83. The minimum absolute atomic E-state index is 0.00358. The van der Waals surface area contributed by atoms with Crippen LogP contribution in [0.3, 0.4) is 0 Å². The van der Waals surface area contributed by atoms with Crippen LogP contribution in [0.1, 0.15) is 48.3 Å². The molecule has 2 aromatic rings. The quantitative estimate of drug-likeness (QED) is 0.497. The van der Waals surface area contributed by atoms with Crippen molar-refractivity contribution >= 4 is 17.6 Å². The molecule has 9 nitrogen and oxygen atoms in total. The molecule has 0 saturated carbocycles. The molecule has 2 saturated heterocycles. The number of hydrogen-bond acceptors (Lipinski definition) is 7. The highest BCUT2D eigenvalue weighted by molar-refractivity contribution is 5.92. The maximum absolute atomic E-state index is 11.9. The number of carboxylic acid groups (broad SMARTS) is 1. The van der Waals surface area contributed by atoms with Crippen LogP contribution in [0, 0.1) is 0 Å². The predicted octanol–water partition coefficient (Wildman–Crippen LogP) is 2.86. The highest BCUT2D eigenvalue weighted by Crippen LogP contribution is 2.38. The molecule has 3 N–H and O–H groups in total. The summed E-state index contributed by atoms with van der Waals surface area (Å²) in [5.41, 5.74) is 3.30. The van der Waals surface area contributed by atoms with E-state index in [2.05, 4.69) is 10.2 Å². The summed E-state index contributed by atoms with van der Waals surface area (Å²) in [7, 11) is 0. The standard InChI is InChI=1S/C26H32N2O7/c29-17-18-1-3-19(4-2-18)23-15-22(16-28-11-13-33-14-12-28)34-26(35-23)20-5-7-21(8-6-20)27-24(30)9-10-25(31)32/h1-8,22-23,26,29H,9-17H2,(H,27,30)(H,31,32). The van der Waals surface area contributed by atoms with E-state index in [9.17, 15) is 14.7 Å². The molecule has 2 aliphatic heterocycles. The van der Waals surface area contributed by atoms with Gasteiger partial charge in [-0.1, -0.05) is 36.4 Å². The molecule has 1 amide bonds. The van der Waals surface area contributed by atoms with Gasteiger partial charge < -0.3 is 29.7 Å². The lowest BCUT2D eigenvalue weighted by Gasteiger charge is -2.39. The topological polar surface area (TPSA) is 118 Å². The Morgan fingerprint density at radius 2 is 1.63 bits per heavy atom. The molecular formula is C26H32N2O7. The summed E-state index contributed by atoms with van der Waals surface area (Å²) in [6.07, 6.45) is -0.351. The van der Waals surface area contributed by atoms with Gasteiger partial charge in [-0.25, -0.2) is 0 Å². The first-order valence-electron chi connectivity index (χ1n) is 11.9. The fourth-order valence-corrected chi connectivity index (χ4v) is 4.27. The molecule has 2 aliphatic rings. The van der Waals surface area contributed by atoms with Gasteiger partial charge >= 0.3 is 5.97 Å². The minimum Gasteiger partial charge on any atom is -0.481 e. The zero-order chi connectivity index (χ0) is 24.6. The molecule has 4 rings (SSSR count). The van der Waals surface area contributed by atoms with Crippen LogP contribution in [0.2, 0.25) is 0 Å². The van der Waals surface area contributed by atoms with Gasteiger partial charge in [-0.05, 0) is 23.3 Å². The zero-order valence-corrected chi connectivity index (χ0v) is 19.6. The van der Waals surface area contributed by atoms with E-state index in [0.29, 0.717) is 12.1 Å². The van der Waals surface area contributed by atoms with Crippen LogP contribution in [0.5, 0.6) is 0 Å². The Morgan fingerprint density at radius 1 is 0.943 bits per heavy atom. The third-order valence-corrected chi connectivity index (χ3v) is 6.21. The van der Waals surface area contributed by atoms with Gasteiger partial charge in [0.05, 0.1) is 38.4 Å². The Labute approximate surface area is 204 Å². The van der Waals surface area contributed by atoms with Crippen LogP contribution < -0.4 is 5.32 Å². The molecule has 35 heavy (non-hydrogen) atoms. The van der Waals surface area contributed by atoms with Gasteiger partial charge in [0.25, 0.3) is 0 Å². The summed E-state index contributed by atoms with van der Waals surface area (Å²) in [5, 5.41) is 20.8. The van der Waals surface area contributed by atoms with E-state index in [1.54, 1.807) is 12.1 Å². The number of nitrogens with zero attached hydrogens (tertiary/aromatic N) is 1. The van der Waals surface area contributed by atoms with Gasteiger partial charge in [-0.2, -0.15) is 0 Å². The highest BCUT2D eigenvalue weighted by Gasteiger charge is 2.33. The number of aliphatic carboxylic acids is 1. The van der Waals surface area contributed by atoms with E-state index in [1.165, 1.54) is 0 Å². The van der Waals surface area contributed by atoms with Gasteiger partial charge in [0.1, 0.15) is 0 Å². The highest BCUT2D eigenvalue weighted by atomic mass is 16.7. The van der Waals surface area contributed by atoms with Gasteiger partial charge in [-0.3, -0.25) is 14.5 Å². The summed E-state index contributed by atoms with van der Waals surface area (Å²) >= 11 is 0. The number of anilines is 1. The monoisotopic (exact) mass is 484 g/mol. The lowest BCUT2D eigenvalue weighted by molar-refractivity contribution is -0.253. The van der Waals surface area contributed by atoms with Crippen molar-refractivity contribution in [3.63, 3.8) is 0 Å². The molecule has 2 heterocycles. The molecule has 2 fully saturated rings. The van der Waals surface area contributed by atoms with Gasteiger partial charge in [-0.15, -0.1) is 0 Å². The lowest BCUT2D eigenvalue weighted by Crippen LogP contribution is -2.44. The van der Waals surface area contributed by atoms with E-state index in [-0.39, 0.29) is 37.6 Å². The molecule has 3 unspecified atom stereocenters. The van der Waals surface area contributed by atoms with Crippen LogP contribution in [-0.4, -0.2) is 65.9 Å². The number of hydrogen-bond donors (Lipinski definition) is 3. The second-order valence-corrected chi connectivity index (χ2v) is 8.83. The maximum Gasteiger partial charge on any atom is 0.303 e. The number of nitrogens with one attached hydrogen (secondary N) is 1. The number of morpholine rings is 1. The molecule has 9 heteroatoms. The summed E-state index contributed by atoms with van der Waals surface area (Å²) in [4.78, 5) is 24.9. The Bertz CT molecular complexity index is 974. The molecule has 3 atom stereocenters. The predicted molar refractivity (Wildman–Crippen MR) is 128 cm³/mol. The number of ether oxygens (including phenoxy) is 3. The van der Waals surface area contributed by atoms with Crippen molar-refractivity contribution < 1.29 is 34.0 Å². The zero-order valence-electron chi connectivity index (χ0n) is 19.6. The van der Waals surface area contributed by atoms with Crippen LogP contribution >= 0.6 is 0 Å². The summed E-state index contributed by atoms with van der Waals surface area (Å²) in [6.45, 7) is 3.97. The molecule has 0 aromatic heterocycles. The first-order valence-corrected chi connectivity index (χ1v) is 11.9. The summed E-state index contributed by atoms with van der Waals surface area (Å²) in [6, 6.07) is 15.0. The summed E-state index contributed by atoms with van der Waals surface area (Å²) < 4.78 is 18.2. The van der Waals surface area contributed by atoms with E-state index in [0.717, 1.165) is 49.5 Å². The minimum atomic E-state index is -1.01. The summed E-state index contributed by atoms with van der Waals surface area (Å²) in [5.74, 6) is -1.35. The molecule has 0 bridgehead atoms. The van der Waals surface area contributed by atoms with Crippen molar-refractivity contribution in [2.75, 3.05) is 38.2 Å². The SMILES string of the molecule is O=C(O)CCC(=O)Nc1ccc(C2OC(CN3CCOCC3)CC(c3ccc(CO)cc3)O2)cc1. The third-order valence-electron chi connectivity index (χ3n) is 6.21. The Kier molecular flexibility index (Phi) is 8.84. The van der Waals surface area contributed by atoms with Gasteiger partial charge in [0.2, 0.25) is 5.91 Å². The van der Waals surface area contributed by atoms with E-state index in [4.69, 9.17) is 19.3 Å². The van der Waals surface area contributed by atoms with Crippen molar-refractivity contribution in [2.45, 2.75) is 44.4 Å². The molecule has 0 radical (unpaired) electrons. The number of aliphatic hydroxyl groups is 1. The van der Waals surface area contributed by atoms with Crippen LogP contribution in [-0.2, 0) is 30.4 Å². The molecule has 2 aromatic carbocycles. The molecular weight excluding hydrogens is 452 g/mol. The number of amides is 1. The number of carbonyl (C=O) groups excluding carboxylic acids is 1. The third kappa shape index (κ3) is 7.33. The normalized spacial score (nSPS) is 23.1. The van der Waals surface area contributed by atoms with Crippen molar-refractivity contribution in [3.8, 4) is 0 Å². The number of carbonyl (C=O) groups is 2. The van der Waals surface area contributed by atoms with Gasteiger partial charge in [0.15, 0.2) is 6.29 Å². The van der Waals surface area contributed by atoms with Gasteiger partial charge in [0, 0.05) is 43.7 Å². The van der Waals surface area contributed by atoms with E-state index < -0.39 is 12.3 Å². The van der Waals surface area contributed by atoms with Crippen LogP contribution in [0.4, 0.5) is 5.69 Å². The van der Waals surface area contributed by atoms with Crippen molar-refractivity contribution in [1.82, 2.24) is 4.90 Å². The number of rotatable bonds is 9. The van der Waals surface area contributed by atoms with Crippen molar-refractivity contribution in [2.24, 2.45) is 0 Å². The first-order chi connectivity index (χ1) is 17.0. The van der Waals surface area contributed by atoms with E-state index in [1.807, 2.05) is 36.4 Å². The smallest absolute Gasteiger partial charge is 0.303 e. The number of aliphatic hydroxyl groups excluding tert-OH is 1. The molecule has 188 valence electrons. The molecule has 0 spiro atoms. The second kappa shape index (κ2) is 12.2. The van der Waals surface area contributed by atoms with E-state index >= 15 is 0 Å². The lowest BCUT2D eigenvalue weighted by atomic mass is 9.99. The average Bonchev–Trinajstić information content (AvgIpc) is 2.88. The Hall–Kier alpha value is -2.82.